The molecule has 0 aliphatic rings. The van der Waals surface area contributed by atoms with Gasteiger partial charge in [-0.2, -0.15) is 0 Å². The van der Waals surface area contributed by atoms with Gasteiger partial charge in [-0.25, -0.2) is 0 Å². The van der Waals surface area contributed by atoms with Gasteiger partial charge in [0.1, 0.15) is 5.79 Å². The molecular weight excluding hydrogens is 188 g/mol. The maximum Gasteiger partial charge on any atom is 0.136 e. The van der Waals surface area contributed by atoms with Gasteiger partial charge in [-0.05, 0) is 0 Å². The number of rotatable bonds is 10. The summed E-state index contributed by atoms with van der Waals surface area (Å²) in [6, 6.07) is 0. The Kier molecular flexibility index (Phi) is 7.85. The van der Waals surface area contributed by atoms with E-state index in [-0.39, 0.29) is 0 Å². The number of nitrogens with one attached hydrogen (secondary N) is 3. The molecule has 15 heavy (non-hydrogen) atoms. The molecule has 5 N–H and O–H groups in total. The lowest BCUT2D eigenvalue weighted by atomic mass is 10.3. The summed E-state index contributed by atoms with van der Waals surface area (Å²) in [5.74, 6) is -0.490. The highest BCUT2D eigenvalue weighted by atomic mass is 15.4. The molecule has 0 aliphatic carbocycles. The average Bonchev–Trinajstić information content (AvgIpc) is 2.29. The Morgan fingerprint density at radius 3 is 1.40 bits per heavy atom. The van der Waals surface area contributed by atoms with E-state index < -0.39 is 5.79 Å². The van der Waals surface area contributed by atoms with Crippen molar-refractivity contribution in [3.8, 4) is 0 Å². The third-order valence-electron chi connectivity index (χ3n) is 1.95. The van der Waals surface area contributed by atoms with Crippen LogP contribution < -0.4 is 21.7 Å². The smallest absolute Gasteiger partial charge is 0.136 e. The molecule has 0 aliphatic heterocycles. The van der Waals surface area contributed by atoms with Gasteiger partial charge in [0.25, 0.3) is 0 Å². The Labute approximate surface area is 92.3 Å². The second-order valence-electron chi connectivity index (χ2n) is 3.12. The molecule has 0 atom stereocenters. The molecule has 0 bridgehead atoms. The van der Waals surface area contributed by atoms with Gasteiger partial charge in [0.15, 0.2) is 0 Å². The first-order chi connectivity index (χ1) is 7.24. The van der Waals surface area contributed by atoms with Crippen molar-refractivity contribution in [2.45, 2.75) is 5.79 Å². The normalized spacial score (nSPS) is 11.0. The van der Waals surface area contributed by atoms with Crippen molar-refractivity contribution in [2.75, 3.05) is 26.2 Å². The molecule has 0 heterocycles. The number of hydrogen-bond donors (Lipinski definition) is 4. The zero-order chi connectivity index (χ0) is 11.6. The highest BCUT2D eigenvalue weighted by Gasteiger charge is 2.24. The second kappa shape index (κ2) is 8.38. The van der Waals surface area contributed by atoms with Gasteiger partial charge in [0, 0.05) is 26.2 Å². The molecule has 0 aromatic heterocycles. The lowest BCUT2D eigenvalue weighted by Crippen LogP contribution is -2.70. The number of nitrogens with two attached hydrogens (primary N) is 1. The molecule has 0 rings (SSSR count). The van der Waals surface area contributed by atoms with E-state index in [2.05, 4.69) is 35.7 Å². The van der Waals surface area contributed by atoms with Crippen LogP contribution in [-0.4, -0.2) is 32.0 Å². The van der Waals surface area contributed by atoms with E-state index >= 15 is 0 Å². The zero-order valence-electron chi connectivity index (χ0n) is 9.26. The Hall–Kier alpha value is -0.940. The largest absolute Gasteiger partial charge is 0.326 e. The first kappa shape index (κ1) is 14.1. The van der Waals surface area contributed by atoms with Crippen LogP contribution in [0.2, 0.25) is 0 Å². The van der Waals surface area contributed by atoms with Crippen molar-refractivity contribution in [1.29, 1.82) is 0 Å². The van der Waals surface area contributed by atoms with Gasteiger partial charge >= 0.3 is 0 Å². The van der Waals surface area contributed by atoms with Crippen LogP contribution in [0.4, 0.5) is 0 Å². The van der Waals surface area contributed by atoms with Crippen LogP contribution in [0.15, 0.2) is 38.0 Å². The molecule has 0 saturated carbocycles. The first-order valence-electron chi connectivity index (χ1n) is 5.02. The SMILES string of the molecule is C=CCNC(CN)(NCC=C)NCC=C. The first-order valence-corrected chi connectivity index (χ1v) is 5.02. The molecule has 86 valence electrons. The molecule has 4 nitrogen and oxygen atoms in total. The molecule has 0 aromatic carbocycles. The van der Waals surface area contributed by atoms with Crippen LogP contribution in [0, 0.1) is 0 Å². The molecule has 0 aromatic rings. The van der Waals surface area contributed by atoms with Crippen molar-refractivity contribution in [2.24, 2.45) is 5.73 Å². The van der Waals surface area contributed by atoms with Gasteiger partial charge in [-0.1, -0.05) is 18.2 Å². The third kappa shape index (κ3) is 5.49. The van der Waals surface area contributed by atoms with Crippen molar-refractivity contribution in [3.05, 3.63) is 38.0 Å². The third-order valence-corrected chi connectivity index (χ3v) is 1.95. The van der Waals surface area contributed by atoms with Crippen LogP contribution in [0.1, 0.15) is 0 Å². The van der Waals surface area contributed by atoms with Gasteiger partial charge in [-0.15, -0.1) is 19.7 Å². The summed E-state index contributed by atoms with van der Waals surface area (Å²) in [7, 11) is 0. The van der Waals surface area contributed by atoms with E-state index in [1.807, 2.05) is 0 Å². The zero-order valence-corrected chi connectivity index (χ0v) is 9.26. The summed E-state index contributed by atoms with van der Waals surface area (Å²) in [6.45, 7) is 13.4. The summed E-state index contributed by atoms with van der Waals surface area (Å²) in [4.78, 5) is 0. The summed E-state index contributed by atoms with van der Waals surface area (Å²) < 4.78 is 0. The lowest BCUT2D eigenvalue weighted by molar-refractivity contribution is 0.229. The van der Waals surface area contributed by atoms with E-state index in [0.717, 1.165) is 0 Å². The highest BCUT2D eigenvalue weighted by molar-refractivity contribution is 4.91. The maximum absolute atomic E-state index is 5.74. The fourth-order valence-corrected chi connectivity index (χ4v) is 1.14. The van der Waals surface area contributed by atoms with E-state index in [1.165, 1.54) is 0 Å². The molecule has 0 fully saturated rings. The highest BCUT2D eigenvalue weighted by Crippen LogP contribution is 1.92. The van der Waals surface area contributed by atoms with Gasteiger partial charge in [0.2, 0.25) is 0 Å². The minimum Gasteiger partial charge on any atom is -0.326 e. The van der Waals surface area contributed by atoms with Gasteiger partial charge in [0.05, 0.1) is 0 Å². The maximum atomic E-state index is 5.74. The summed E-state index contributed by atoms with van der Waals surface area (Å²) in [5.41, 5.74) is 5.74. The summed E-state index contributed by atoms with van der Waals surface area (Å²) in [5, 5.41) is 9.72. The van der Waals surface area contributed by atoms with E-state index in [9.17, 15) is 0 Å². The van der Waals surface area contributed by atoms with Gasteiger partial charge < -0.3 is 5.73 Å². The topological polar surface area (TPSA) is 62.1 Å². The molecule has 0 radical (unpaired) electrons. The standard InChI is InChI=1S/C11H22N4/c1-4-7-13-11(10-12,14-8-5-2)15-9-6-3/h4-6,13-15H,1-3,7-10,12H2. The molecule has 0 saturated heterocycles. The van der Waals surface area contributed by atoms with E-state index in [1.54, 1.807) is 18.2 Å². The quantitative estimate of drug-likeness (QED) is 0.301. The second-order valence-corrected chi connectivity index (χ2v) is 3.12. The van der Waals surface area contributed by atoms with Gasteiger partial charge in [-0.3, -0.25) is 16.0 Å². The van der Waals surface area contributed by atoms with Crippen LogP contribution in [-0.2, 0) is 0 Å². The van der Waals surface area contributed by atoms with Crippen LogP contribution >= 0.6 is 0 Å². The lowest BCUT2D eigenvalue weighted by Gasteiger charge is -2.35. The Morgan fingerprint density at radius 1 is 0.867 bits per heavy atom. The van der Waals surface area contributed by atoms with Crippen LogP contribution in [0.25, 0.3) is 0 Å². The Morgan fingerprint density at radius 2 is 1.20 bits per heavy atom. The summed E-state index contributed by atoms with van der Waals surface area (Å²) in [6.07, 6.45) is 5.36. The van der Waals surface area contributed by atoms with Crippen LogP contribution in [0.5, 0.6) is 0 Å². The molecular formula is C11H22N4. The molecule has 0 spiro atoms. The van der Waals surface area contributed by atoms with Crippen molar-refractivity contribution < 1.29 is 0 Å². The molecule has 0 amide bonds. The predicted octanol–water partition coefficient (Wildman–Crippen LogP) is -0.0743. The minimum atomic E-state index is -0.490. The van der Waals surface area contributed by atoms with Crippen molar-refractivity contribution >= 4 is 0 Å². The monoisotopic (exact) mass is 210 g/mol. The Bertz CT molecular complexity index is 169. The Balaban J connectivity index is 4.34. The van der Waals surface area contributed by atoms with Crippen molar-refractivity contribution in [3.63, 3.8) is 0 Å². The average molecular weight is 210 g/mol. The minimum absolute atomic E-state index is 0.419. The summed E-state index contributed by atoms with van der Waals surface area (Å²) >= 11 is 0. The molecule has 4 heteroatoms. The van der Waals surface area contributed by atoms with Crippen molar-refractivity contribution in [1.82, 2.24) is 16.0 Å². The fraction of sp³-hybridized carbons (Fsp3) is 0.455. The fourth-order valence-electron chi connectivity index (χ4n) is 1.14. The van der Waals surface area contributed by atoms with E-state index in [4.69, 9.17) is 5.73 Å². The number of hydrogen-bond acceptors (Lipinski definition) is 4. The van der Waals surface area contributed by atoms with E-state index in [0.29, 0.717) is 26.2 Å². The molecule has 0 unspecified atom stereocenters. The van der Waals surface area contributed by atoms with Crippen LogP contribution in [0.3, 0.4) is 0 Å². The predicted molar refractivity (Wildman–Crippen MR) is 66.4 cm³/mol.